The van der Waals surface area contributed by atoms with E-state index in [4.69, 9.17) is 10.5 Å². The Bertz CT molecular complexity index is 312. The summed E-state index contributed by atoms with van der Waals surface area (Å²) in [7, 11) is -3.38. The van der Waals surface area contributed by atoms with Crippen LogP contribution in [-0.4, -0.2) is 63.6 Å². The number of nitrogens with two attached hydrogens (primary N) is 1. The van der Waals surface area contributed by atoms with Crippen LogP contribution in [0.15, 0.2) is 0 Å². The minimum atomic E-state index is -3.38. The molecule has 0 aromatic rings. The molecule has 0 aliphatic heterocycles. The Morgan fingerprint density at radius 2 is 1.82 bits per heavy atom. The fraction of sp³-hybridized carbons (Fsp3) is 0.900. The van der Waals surface area contributed by atoms with Gasteiger partial charge in [-0.1, -0.05) is 0 Å². The van der Waals surface area contributed by atoms with E-state index in [1.165, 1.54) is 4.90 Å². The van der Waals surface area contributed by atoms with Crippen LogP contribution in [-0.2, 0) is 19.4 Å². The number of carbonyl (C=O) groups excluding carboxylic acids is 1. The molecule has 17 heavy (non-hydrogen) atoms. The molecule has 0 aromatic carbocycles. The van der Waals surface area contributed by atoms with Gasteiger partial charge >= 0.3 is 0 Å². The molecule has 7 heteroatoms. The predicted octanol–water partition coefficient (Wildman–Crippen LogP) is -0.755. The summed E-state index contributed by atoms with van der Waals surface area (Å²) in [5.41, 5.74) is 5.20. The largest absolute Gasteiger partial charge is 0.379 e. The maximum Gasteiger partial charge on any atom is 0.237 e. The molecule has 6 nitrogen and oxygen atoms in total. The van der Waals surface area contributed by atoms with Gasteiger partial charge in [-0.05, 0) is 13.8 Å². The zero-order valence-electron chi connectivity index (χ0n) is 10.5. The Labute approximate surface area is 103 Å². The number of sulfone groups is 1. The van der Waals surface area contributed by atoms with Gasteiger partial charge in [0.25, 0.3) is 0 Å². The first-order valence-electron chi connectivity index (χ1n) is 5.72. The first kappa shape index (κ1) is 16.3. The summed E-state index contributed by atoms with van der Waals surface area (Å²) in [6.45, 7) is 5.46. The Hall–Kier alpha value is -0.660. The number of nitrogens with zero attached hydrogens (tertiary/aromatic N) is 1. The fourth-order valence-corrected chi connectivity index (χ4v) is 2.37. The summed E-state index contributed by atoms with van der Waals surface area (Å²) in [4.78, 5) is 13.1. The van der Waals surface area contributed by atoms with Gasteiger partial charge < -0.3 is 15.4 Å². The van der Waals surface area contributed by atoms with Crippen molar-refractivity contribution in [2.75, 3.05) is 44.4 Å². The van der Waals surface area contributed by atoms with E-state index in [1.54, 1.807) is 0 Å². The highest BCUT2D eigenvalue weighted by Crippen LogP contribution is 1.97. The van der Waals surface area contributed by atoms with Crippen LogP contribution in [0, 0.1) is 0 Å². The van der Waals surface area contributed by atoms with E-state index in [9.17, 15) is 13.2 Å². The third kappa shape index (κ3) is 7.30. The molecular formula is C10H22N2O4S. The van der Waals surface area contributed by atoms with Crippen LogP contribution in [0.25, 0.3) is 0 Å². The molecule has 0 radical (unpaired) electrons. The molecule has 2 N–H and O–H groups in total. The molecule has 0 saturated carbocycles. The van der Waals surface area contributed by atoms with Crippen LogP contribution in [0.2, 0.25) is 0 Å². The average Bonchev–Trinajstić information content (AvgIpc) is 2.25. The second kappa shape index (κ2) is 8.43. The van der Waals surface area contributed by atoms with Crippen LogP contribution in [0.1, 0.15) is 13.8 Å². The molecule has 0 rings (SSSR count). The van der Waals surface area contributed by atoms with Gasteiger partial charge in [0.05, 0.1) is 19.0 Å². The number of amides is 1. The summed E-state index contributed by atoms with van der Waals surface area (Å²) in [6.07, 6.45) is 0. The van der Waals surface area contributed by atoms with Crippen molar-refractivity contribution in [1.82, 2.24) is 4.90 Å². The number of hydrogen-bond acceptors (Lipinski definition) is 5. The molecule has 0 fully saturated rings. The van der Waals surface area contributed by atoms with Gasteiger partial charge in [0.15, 0.2) is 9.84 Å². The lowest BCUT2D eigenvalue weighted by Crippen LogP contribution is -2.36. The first-order chi connectivity index (χ1) is 7.96. The molecule has 0 saturated heterocycles. The molecule has 0 bridgehead atoms. The highest BCUT2D eigenvalue weighted by atomic mass is 32.2. The van der Waals surface area contributed by atoms with Crippen LogP contribution in [0.3, 0.4) is 0 Å². The third-order valence-corrected chi connectivity index (χ3v) is 3.74. The second-order valence-electron chi connectivity index (χ2n) is 3.56. The number of hydrogen-bond donors (Lipinski definition) is 1. The molecule has 0 heterocycles. The molecule has 0 aliphatic carbocycles. The van der Waals surface area contributed by atoms with E-state index in [0.717, 1.165) is 0 Å². The van der Waals surface area contributed by atoms with E-state index < -0.39 is 15.6 Å². The molecule has 0 aromatic heterocycles. The number of rotatable bonds is 9. The molecule has 102 valence electrons. The molecule has 0 spiro atoms. The van der Waals surface area contributed by atoms with E-state index in [1.807, 2.05) is 13.8 Å². The van der Waals surface area contributed by atoms with Gasteiger partial charge in [0, 0.05) is 19.6 Å². The van der Waals surface area contributed by atoms with Crippen molar-refractivity contribution < 1.29 is 17.9 Å². The van der Waals surface area contributed by atoms with Crippen molar-refractivity contribution in [3.8, 4) is 0 Å². The Balaban J connectivity index is 4.11. The lowest BCUT2D eigenvalue weighted by Gasteiger charge is -2.18. The van der Waals surface area contributed by atoms with Crippen LogP contribution in [0.4, 0.5) is 0 Å². The maximum absolute atomic E-state index is 11.6. The molecule has 0 atom stereocenters. The molecule has 1 amide bonds. The van der Waals surface area contributed by atoms with E-state index >= 15 is 0 Å². The van der Waals surface area contributed by atoms with Crippen LogP contribution >= 0.6 is 0 Å². The van der Waals surface area contributed by atoms with Crippen molar-refractivity contribution in [2.45, 2.75) is 13.8 Å². The number of carbonyl (C=O) groups is 1. The van der Waals surface area contributed by atoms with E-state index in [2.05, 4.69) is 0 Å². The minimum absolute atomic E-state index is 0.0884. The summed E-state index contributed by atoms with van der Waals surface area (Å²) < 4.78 is 28.1. The van der Waals surface area contributed by atoms with Crippen molar-refractivity contribution in [3.63, 3.8) is 0 Å². The zero-order chi connectivity index (χ0) is 13.3. The van der Waals surface area contributed by atoms with Crippen LogP contribution < -0.4 is 5.73 Å². The minimum Gasteiger partial charge on any atom is -0.379 e. The second-order valence-corrected chi connectivity index (χ2v) is 5.74. The van der Waals surface area contributed by atoms with Gasteiger partial charge in [0.1, 0.15) is 5.75 Å². The molecular weight excluding hydrogens is 244 g/mol. The summed E-state index contributed by atoms with van der Waals surface area (Å²) in [5.74, 6) is -0.936. The monoisotopic (exact) mass is 266 g/mol. The smallest absolute Gasteiger partial charge is 0.237 e. The summed E-state index contributed by atoms with van der Waals surface area (Å²) >= 11 is 0. The van der Waals surface area contributed by atoms with Gasteiger partial charge in [-0.15, -0.1) is 0 Å². The van der Waals surface area contributed by atoms with Crippen molar-refractivity contribution in [3.05, 3.63) is 0 Å². The van der Waals surface area contributed by atoms with Gasteiger partial charge in [-0.25, -0.2) is 8.42 Å². The van der Waals surface area contributed by atoms with Crippen molar-refractivity contribution >= 4 is 15.7 Å². The lowest BCUT2D eigenvalue weighted by atomic mass is 10.5. The average molecular weight is 266 g/mol. The van der Waals surface area contributed by atoms with Gasteiger partial charge in [-0.2, -0.15) is 0 Å². The Kier molecular flexibility index (Phi) is 8.11. The van der Waals surface area contributed by atoms with E-state index in [0.29, 0.717) is 26.2 Å². The Morgan fingerprint density at radius 1 is 1.24 bits per heavy atom. The van der Waals surface area contributed by atoms with Crippen molar-refractivity contribution in [2.24, 2.45) is 5.73 Å². The Morgan fingerprint density at radius 3 is 2.29 bits per heavy atom. The van der Waals surface area contributed by atoms with Gasteiger partial charge in [-0.3, -0.25) is 4.79 Å². The normalized spacial score (nSPS) is 11.5. The van der Waals surface area contributed by atoms with E-state index in [-0.39, 0.29) is 18.3 Å². The standard InChI is InChI=1S/C10H22N2O4S/c1-3-12(4-2)10(13)9-17(14,15)8-7-16-6-5-11/h3-9,11H2,1-2H3. The predicted molar refractivity (Wildman–Crippen MR) is 66.5 cm³/mol. The van der Waals surface area contributed by atoms with Gasteiger partial charge in [0.2, 0.25) is 5.91 Å². The highest BCUT2D eigenvalue weighted by molar-refractivity contribution is 7.92. The summed E-state index contributed by atoms with van der Waals surface area (Å²) in [5, 5.41) is 0. The maximum atomic E-state index is 11.6. The lowest BCUT2D eigenvalue weighted by molar-refractivity contribution is -0.128. The third-order valence-electron chi connectivity index (χ3n) is 2.26. The quantitative estimate of drug-likeness (QED) is 0.554. The topological polar surface area (TPSA) is 89.7 Å². The zero-order valence-corrected chi connectivity index (χ0v) is 11.3. The molecule has 0 aliphatic rings. The first-order valence-corrected chi connectivity index (χ1v) is 7.55. The highest BCUT2D eigenvalue weighted by Gasteiger charge is 2.19. The number of ether oxygens (including phenoxy) is 1. The van der Waals surface area contributed by atoms with Crippen LogP contribution in [0.5, 0.6) is 0 Å². The van der Waals surface area contributed by atoms with Crippen molar-refractivity contribution in [1.29, 1.82) is 0 Å². The molecule has 0 unspecified atom stereocenters. The SMILES string of the molecule is CCN(CC)C(=O)CS(=O)(=O)CCOCCN. The fourth-order valence-electron chi connectivity index (χ4n) is 1.30. The summed E-state index contributed by atoms with van der Waals surface area (Å²) in [6, 6.07) is 0.